The minimum absolute atomic E-state index is 0.110. The van der Waals surface area contributed by atoms with Crippen molar-refractivity contribution in [1.29, 1.82) is 0 Å². The van der Waals surface area contributed by atoms with Gasteiger partial charge < -0.3 is 39.2 Å². The van der Waals surface area contributed by atoms with Crippen molar-refractivity contribution in [3.05, 3.63) is 35.4 Å². The third kappa shape index (κ3) is 7.59. The fraction of sp³-hybridized carbons (Fsp3) is 0.541. The van der Waals surface area contributed by atoms with E-state index in [2.05, 4.69) is 60.1 Å². The maximum absolute atomic E-state index is 12.0. The molecule has 52 heavy (non-hydrogen) atoms. The quantitative estimate of drug-likeness (QED) is 0.339. The van der Waals surface area contributed by atoms with E-state index in [1.807, 2.05) is 41.8 Å². The van der Waals surface area contributed by atoms with Crippen LogP contribution in [0.15, 0.2) is 34.5 Å². The maximum Gasteiger partial charge on any atom is 0.300 e. The number of hydrazone groups is 2. The second-order valence-corrected chi connectivity index (χ2v) is 14.3. The van der Waals surface area contributed by atoms with Crippen molar-refractivity contribution in [3.63, 3.8) is 0 Å². The van der Waals surface area contributed by atoms with Crippen molar-refractivity contribution < 1.29 is 38.4 Å². The van der Waals surface area contributed by atoms with Crippen molar-refractivity contribution in [2.45, 2.75) is 104 Å². The lowest BCUT2D eigenvalue weighted by atomic mass is 9.95. The number of benzene rings is 2. The standard InChI is InChI=1S/C18H23N3O3.C17H22N4O3.C2H4O2/c1-10(2)13-7-16-14(8-15(13)24-12-5-4-6-12)21-11(3)18(22)20-19-17(21)9-23-16;1-9(2)12-4-15-13(5-14(12)24-11-6-18-7-11)21-10(3)17(22)20-19-16(21)8-23-15;1-2(3)4/h7-8,10-12H,4-6,9H2,1-3H3,(H,20,22);4-5,9-11,18H,6-8H2,1-3H3,(H,20,22);1H3,(H,3,4)/t11-;10-;/m11./s1. The lowest BCUT2D eigenvalue weighted by Gasteiger charge is -2.39. The number of aliphatic carboxylic acids is 1. The Bertz CT molecular complexity index is 1640. The van der Waals surface area contributed by atoms with Crippen molar-refractivity contribution in [3.8, 4) is 23.0 Å². The third-order valence-electron chi connectivity index (χ3n) is 9.72. The van der Waals surface area contributed by atoms with Crippen LogP contribution in [0.5, 0.6) is 23.0 Å². The first-order valence-corrected chi connectivity index (χ1v) is 18.0. The van der Waals surface area contributed by atoms with Crippen LogP contribution in [0.1, 0.15) is 90.7 Å². The van der Waals surface area contributed by atoms with E-state index in [9.17, 15) is 9.59 Å². The van der Waals surface area contributed by atoms with E-state index >= 15 is 0 Å². The molecule has 6 aliphatic rings. The number of amides is 2. The summed E-state index contributed by atoms with van der Waals surface area (Å²) in [4.78, 5) is 36.9. The second kappa shape index (κ2) is 15.3. The number of rotatable bonds is 6. The Morgan fingerprint density at radius 3 is 1.56 bits per heavy atom. The number of carbonyl (C=O) groups is 3. The lowest BCUT2D eigenvalue weighted by molar-refractivity contribution is -0.134. The predicted molar refractivity (Wildman–Crippen MR) is 196 cm³/mol. The van der Waals surface area contributed by atoms with Crippen molar-refractivity contribution >= 4 is 40.8 Å². The predicted octanol–water partition coefficient (Wildman–Crippen LogP) is 4.05. The van der Waals surface area contributed by atoms with E-state index < -0.39 is 5.97 Å². The van der Waals surface area contributed by atoms with Gasteiger partial charge in [0.15, 0.2) is 11.7 Å². The van der Waals surface area contributed by atoms with Crippen LogP contribution in [-0.4, -0.2) is 85.2 Å². The summed E-state index contributed by atoms with van der Waals surface area (Å²) < 4.78 is 24.2. The molecular weight excluding hydrogens is 670 g/mol. The fourth-order valence-electron chi connectivity index (χ4n) is 6.44. The maximum atomic E-state index is 12.0. The molecule has 15 nitrogen and oxygen atoms in total. The van der Waals surface area contributed by atoms with Gasteiger partial charge in [-0.1, -0.05) is 27.7 Å². The molecule has 2 aromatic rings. The summed E-state index contributed by atoms with van der Waals surface area (Å²) in [7, 11) is 0. The van der Waals surface area contributed by atoms with E-state index in [0.29, 0.717) is 37.0 Å². The van der Waals surface area contributed by atoms with E-state index in [1.165, 1.54) is 6.42 Å². The largest absolute Gasteiger partial charge is 0.490 e. The topological polar surface area (TPSA) is 176 Å². The van der Waals surface area contributed by atoms with E-state index in [1.54, 1.807) is 0 Å². The Kier molecular flexibility index (Phi) is 10.8. The first-order valence-electron chi connectivity index (χ1n) is 18.0. The molecule has 0 spiro atoms. The summed E-state index contributed by atoms with van der Waals surface area (Å²) in [5.74, 6) is 4.36. The van der Waals surface area contributed by atoms with Crippen LogP contribution in [-0.2, 0) is 14.4 Å². The Hall–Kier alpha value is -5.05. The number of carbonyl (C=O) groups excluding carboxylic acids is 2. The zero-order chi connectivity index (χ0) is 37.3. The number of hydrogen-bond acceptors (Lipinski definition) is 12. The van der Waals surface area contributed by atoms with E-state index in [4.69, 9.17) is 28.8 Å². The molecule has 5 aliphatic heterocycles. The summed E-state index contributed by atoms with van der Waals surface area (Å²) in [6.45, 7) is 15.8. The Labute approximate surface area is 303 Å². The molecule has 2 aromatic carbocycles. The first-order chi connectivity index (χ1) is 24.8. The Balaban J connectivity index is 0.000000162. The zero-order valence-corrected chi connectivity index (χ0v) is 30.8. The van der Waals surface area contributed by atoms with Gasteiger partial charge in [0.25, 0.3) is 17.8 Å². The minimum Gasteiger partial charge on any atom is -0.490 e. The van der Waals surface area contributed by atoms with Gasteiger partial charge in [0, 0.05) is 43.3 Å². The molecule has 8 rings (SSSR count). The summed E-state index contributed by atoms with van der Waals surface area (Å²) in [6.07, 6.45) is 3.96. The molecule has 0 aromatic heterocycles. The fourth-order valence-corrected chi connectivity index (χ4v) is 6.44. The van der Waals surface area contributed by atoms with Gasteiger partial charge >= 0.3 is 0 Å². The second-order valence-electron chi connectivity index (χ2n) is 14.3. The Morgan fingerprint density at radius 2 is 1.21 bits per heavy atom. The van der Waals surface area contributed by atoms with Crippen molar-refractivity contribution in [2.75, 3.05) is 36.1 Å². The van der Waals surface area contributed by atoms with Gasteiger partial charge in [0.1, 0.15) is 54.4 Å². The van der Waals surface area contributed by atoms with Crippen LogP contribution in [0.4, 0.5) is 11.4 Å². The average molecular weight is 720 g/mol. The highest BCUT2D eigenvalue weighted by molar-refractivity contribution is 6.10. The molecule has 2 amide bonds. The molecule has 2 fully saturated rings. The van der Waals surface area contributed by atoms with Crippen molar-refractivity contribution in [2.24, 2.45) is 10.2 Å². The average Bonchev–Trinajstić information content (AvgIpc) is 3.06. The summed E-state index contributed by atoms with van der Waals surface area (Å²) in [5, 5.41) is 18.9. The van der Waals surface area contributed by atoms with E-state index in [0.717, 1.165) is 84.2 Å². The summed E-state index contributed by atoms with van der Waals surface area (Å²) >= 11 is 0. The lowest BCUT2D eigenvalue weighted by Crippen LogP contribution is -2.55. The molecule has 15 heteroatoms. The molecule has 0 unspecified atom stereocenters. The van der Waals surface area contributed by atoms with Gasteiger partial charge in [-0.15, -0.1) is 0 Å². The zero-order valence-electron chi connectivity index (χ0n) is 30.8. The van der Waals surface area contributed by atoms with Crippen LogP contribution in [0.2, 0.25) is 0 Å². The monoisotopic (exact) mass is 719 g/mol. The van der Waals surface area contributed by atoms with Crippen LogP contribution in [0.25, 0.3) is 0 Å². The number of fused-ring (bicyclic) bond motifs is 6. The van der Waals surface area contributed by atoms with Crippen molar-refractivity contribution in [1.82, 2.24) is 16.2 Å². The molecule has 5 heterocycles. The number of carboxylic acid groups (broad SMARTS) is 1. The number of anilines is 2. The molecule has 1 aliphatic carbocycles. The molecule has 4 N–H and O–H groups in total. The van der Waals surface area contributed by atoms with Crippen LogP contribution >= 0.6 is 0 Å². The van der Waals surface area contributed by atoms with Gasteiger partial charge in [-0.2, -0.15) is 10.2 Å². The molecule has 2 atom stereocenters. The third-order valence-corrected chi connectivity index (χ3v) is 9.72. The summed E-state index contributed by atoms with van der Waals surface area (Å²) in [5.41, 5.74) is 9.07. The number of nitrogens with zero attached hydrogens (tertiary/aromatic N) is 4. The van der Waals surface area contributed by atoms with Crippen LogP contribution < -0.4 is 44.9 Å². The highest BCUT2D eigenvalue weighted by Crippen LogP contribution is 2.44. The number of carboxylic acids is 1. The highest BCUT2D eigenvalue weighted by atomic mass is 16.5. The number of ether oxygens (including phenoxy) is 4. The molecule has 280 valence electrons. The highest BCUT2D eigenvalue weighted by Gasteiger charge is 2.38. The van der Waals surface area contributed by atoms with Gasteiger partial charge in [-0.05, 0) is 57.1 Å². The molecule has 0 bridgehead atoms. The van der Waals surface area contributed by atoms with Gasteiger partial charge in [-0.3, -0.25) is 14.4 Å². The van der Waals surface area contributed by atoms with Crippen LogP contribution in [0, 0.1) is 0 Å². The number of nitrogens with one attached hydrogen (secondary N) is 3. The molecule has 1 saturated carbocycles. The van der Waals surface area contributed by atoms with E-state index in [-0.39, 0.29) is 30.0 Å². The SMILES string of the molecule is CC(=O)O.CC(C)c1cc2c(cc1OC1CCC1)N1C(=NNC(=O)[C@H]1C)CO2.CC(C)c1cc2c(cc1OC1CNC1)N1C(=NNC(=O)[C@H]1C)CO2. The van der Waals surface area contributed by atoms with Gasteiger partial charge in [-0.25, -0.2) is 10.9 Å². The summed E-state index contributed by atoms with van der Waals surface area (Å²) in [6, 6.07) is 7.46. The number of amidine groups is 2. The minimum atomic E-state index is -0.833. The number of hydrogen-bond donors (Lipinski definition) is 4. The molecular formula is C37H49N7O8. The smallest absolute Gasteiger partial charge is 0.300 e. The van der Waals surface area contributed by atoms with Crippen LogP contribution in [0.3, 0.4) is 0 Å². The van der Waals surface area contributed by atoms with Gasteiger partial charge in [0.2, 0.25) is 0 Å². The van der Waals surface area contributed by atoms with Gasteiger partial charge in [0.05, 0.1) is 17.5 Å². The molecule has 1 saturated heterocycles. The normalized spacial score (nSPS) is 21.6. The Morgan fingerprint density at radius 1 is 0.788 bits per heavy atom. The first kappa shape index (κ1) is 36.7. The molecule has 0 radical (unpaired) electrons.